The quantitative estimate of drug-likeness (QED) is 0.808. The molecule has 0 radical (unpaired) electrons. The van der Waals surface area contributed by atoms with Gasteiger partial charge in [-0.05, 0) is 28.1 Å². The molecule has 1 aliphatic heterocycles. The van der Waals surface area contributed by atoms with E-state index >= 15 is 0 Å². The van der Waals surface area contributed by atoms with Crippen LogP contribution in [-0.2, 0) is 4.74 Å². The molecule has 4 nitrogen and oxygen atoms in total. The first-order valence-corrected chi connectivity index (χ1v) is 7.46. The van der Waals surface area contributed by atoms with Gasteiger partial charge in [-0.15, -0.1) is 0 Å². The molecule has 0 atom stereocenters. The highest BCUT2D eigenvalue weighted by Gasteiger charge is 2.14. The summed E-state index contributed by atoms with van der Waals surface area (Å²) in [5.74, 6) is -0.338. The number of nitrogens with one attached hydrogen (secondary N) is 2. The average Bonchev–Trinajstić information content (AvgIpc) is 2.48. The Kier molecular flexibility index (Phi) is 5.51. The second-order valence-electron chi connectivity index (χ2n) is 4.74. The molecule has 0 aromatic heterocycles. The third-order valence-electron chi connectivity index (χ3n) is 3.44. The molecule has 1 fully saturated rings. The van der Waals surface area contributed by atoms with E-state index in [1.807, 2.05) is 0 Å². The number of benzene rings is 1. The van der Waals surface area contributed by atoms with Crippen molar-refractivity contribution in [1.29, 1.82) is 5.41 Å². The molecule has 1 aromatic rings. The summed E-state index contributed by atoms with van der Waals surface area (Å²) in [6.07, 6.45) is 0.607. The summed E-state index contributed by atoms with van der Waals surface area (Å²) in [5.41, 5.74) is 1.85. The second-order valence-corrected chi connectivity index (χ2v) is 5.60. The van der Waals surface area contributed by atoms with Crippen molar-refractivity contribution in [2.45, 2.75) is 6.42 Å². The Hall–Kier alpha value is -0.980. The molecule has 0 saturated carbocycles. The zero-order valence-corrected chi connectivity index (χ0v) is 13.1. The first-order valence-electron chi connectivity index (χ1n) is 6.66. The Morgan fingerprint density at radius 3 is 2.80 bits per heavy atom. The Bertz CT molecular complexity index is 490. The van der Waals surface area contributed by atoms with Gasteiger partial charge in [0, 0.05) is 50.1 Å². The van der Waals surface area contributed by atoms with Gasteiger partial charge < -0.3 is 15.5 Å². The Morgan fingerprint density at radius 2 is 2.15 bits per heavy atom. The van der Waals surface area contributed by atoms with Crippen LogP contribution in [0.5, 0.6) is 0 Å². The highest BCUT2D eigenvalue weighted by atomic mass is 79.9. The fourth-order valence-corrected chi connectivity index (χ4v) is 2.58. The Balaban J connectivity index is 2.02. The molecule has 20 heavy (non-hydrogen) atoms. The van der Waals surface area contributed by atoms with Gasteiger partial charge in [0.15, 0.2) is 0 Å². The number of anilines is 1. The molecular weight excluding hydrogens is 325 g/mol. The average molecular weight is 344 g/mol. The van der Waals surface area contributed by atoms with Gasteiger partial charge in [-0.1, -0.05) is 0 Å². The lowest BCUT2D eigenvalue weighted by Crippen LogP contribution is -2.37. The zero-order chi connectivity index (χ0) is 14.5. The van der Waals surface area contributed by atoms with Crippen LogP contribution in [0.15, 0.2) is 16.6 Å². The molecule has 0 spiro atoms. The van der Waals surface area contributed by atoms with E-state index in [-0.39, 0.29) is 5.82 Å². The number of ether oxygens (including phenoxy) is 1. The Labute approximate surface area is 126 Å². The van der Waals surface area contributed by atoms with Gasteiger partial charge in [0.1, 0.15) is 5.82 Å². The van der Waals surface area contributed by atoms with Crippen LogP contribution < -0.4 is 5.32 Å². The summed E-state index contributed by atoms with van der Waals surface area (Å²) in [5, 5.41) is 11.2. The van der Waals surface area contributed by atoms with Crippen LogP contribution in [0.2, 0.25) is 0 Å². The SMILES string of the molecule is CNc1cc(Br)c(F)cc1C(=N)CCN1CCOCC1. The van der Waals surface area contributed by atoms with Gasteiger partial charge in [0.05, 0.1) is 17.7 Å². The molecule has 110 valence electrons. The van der Waals surface area contributed by atoms with Crippen molar-refractivity contribution in [2.24, 2.45) is 0 Å². The number of halogens is 2. The molecule has 1 aromatic carbocycles. The number of rotatable bonds is 5. The maximum Gasteiger partial charge on any atom is 0.138 e. The van der Waals surface area contributed by atoms with Crippen LogP contribution in [0.4, 0.5) is 10.1 Å². The van der Waals surface area contributed by atoms with Gasteiger partial charge in [0.25, 0.3) is 0 Å². The van der Waals surface area contributed by atoms with Crippen LogP contribution >= 0.6 is 15.9 Å². The Morgan fingerprint density at radius 1 is 1.45 bits per heavy atom. The minimum Gasteiger partial charge on any atom is -0.388 e. The summed E-state index contributed by atoms with van der Waals surface area (Å²) in [6, 6.07) is 3.09. The van der Waals surface area contributed by atoms with E-state index in [2.05, 4.69) is 26.1 Å². The molecule has 1 aliphatic rings. The molecule has 2 N–H and O–H groups in total. The summed E-state index contributed by atoms with van der Waals surface area (Å²) >= 11 is 3.16. The molecule has 0 bridgehead atoms. The van der Waals surface area contributed by atoms with Crippen molar-refractivity contribution < 1.29 is 9.13 Å². The standard InChI is InChI=1S/C14H19BrFN3O/c1-18-14-9-11(15)12(16)8-10(14)13(17)2-3-19-4-6-20-7-5-19/h8-9,17-18H,2-7H2,1H3. The van der Waals surface area contributed by atoms with Crippen molar-refractivity contribution in [2.75, 3.05) is 45.2 Å². The number of nitrogens with zero attached hydrogens (tertiary/aromatic N) is 1. The summed E-state index contributed by atoms with van der Waals surface area (Å²) in [4.78, 5) is 2.27. The van der Waals surface area contributed by atoms with Crippen LogP contribution in [0.3, 0.4) is 0 Å². The third kappa shape index (κ3) is 3.77. The first kappa shape index (κ1) is 15.4. The van der Waals surface area contributed by atoms with E-state index in [9.17, 15) is 4.39 Å². The third-order valence-corrected chi connectivity index (χ3v) is 4.04. The van der Waals surface area contributed by atoms with Crippen molar-refractivity contribution in [3.63, 3.8) is 0 Å². The number of hydrogen-bond donors (Lipinski definition) is 2. The maximum absolute atomic E-state index is 13.7. The maximum atomic E-state index is 13.7. The molecule has 6 heteroatoms. The largest absolute Gasteiger partial charge is 0.388 e. The minimum absolute atomic E-state index is 0.338. The van der Waals surface area contributed by atoms with Crippen LogP contribution in [-0.4, -0.2) is 50.5 Å². The zero-order valence-electron chi connectivity index (χ0n) is 11.5. The fourth-order valence-electron chi connectivity index (χ4n) is 2.23. The number of morpholine rings is 1. The van der Waals surface area contributed by atoms with E-state index in [0.717, 1.165) is 38.5 Å². The van der Waals surface area contributed by atoms with Crippen molar-refractivity contribution in [3.05, 3.63) is 28.0 Å². The molecule has 0 unspecified atom stereocenters. The van der Waals surface area contributed by atoms with E-state index in [0.29, 0.717) is 22.2 Å². The minimum atomic E-state index is -0.338. The molecule has 1 heterocycles. The van der Waals surface area contributed by atoms with Gasteiger partial charge in [0.2, 0.25) is 0 Å². The molecule has 1 saturated heterocycles. The van der Waals surface area contributed by atoms with Gasteiger partial charge in [-0.2, -0.15) is 0 Å². The molecule has 2 rings (SSSR count). The van der Waals surface area contributed by atoms with Crippen molar-refractivity contribution >= 4 is 27.3 Å². The van der Waals surface area contributed by atoms with Crippen molar-refractivity contribution in [3.8, 4) is 0 Å². The van der Waals surface area contributed by atoms with Gasteiger partial charge in [-0.25, -0.2) is 4.39 Å². The summed E-state index contributed by atoms with van der Waals surface area (Å²) in [7, 11) is 1.78. The predicted octanol–water partition coefficient (Wildman–Crippen LogP) is 2.72. The van der Waals surface area contributed by atoms with E-state index in [1.165, 1.54) is 6.07 Å². The highest BCUT2D eigenvalue weighted by Crippen LogP contribution is 2.25. The molecule has 0 amide bonds. The molecular formula is C14H19BrFN3O. The number of hydrogen-bond acceptors (Lipinski definition) is 4. The topological polar surface area (TPSA) is 48.4 Å². The molecule has 0 aliphatic carbocycles. The second kappa shape index (κ2) is 7.15. The lowest BCUT2D eigenvalue weighted by molar-refractivity contribution is 0.0392. The lowest BCUT2D eigenvalue weighted by atomic mass is 10.0. The van der Waals surface area contributed by atoms with E-state index < -0.39 is 0 Å². The van der Waals surface area contributed by atoms with E-state index in [1.54, 1.807) is 13.1 Å². The van der Waals surface area contributed by atoms with Crippen molar-refractivity contribution in [1.82, 2.24) is 4.90 Å². The van der Waals surface area contributed by atoms with E-state index in [4.69, 9.17) is 10.1 Å². The van der Waals surface area contributed by atoms with Crippen LogP contribution in [0, 0.1) is 11.2 Å². The predicted molar refractivity (Wildman–Crippen MR) is 82.4 cm³/mol. The van der Waals surface area contributed by atoms with Crippen LogP contribution in [0.25, 0.3) is 0 Å². The fraction of sp³-hybridized carbons (Fsp3) is 0.500. The highest BCUT2D eigenvalue weighted by molar-refractivity contribution is 9.10. The first-order chi connectivity index (χ1) is 9.61. The lowest BCUT2D eigenvalue weighted by Gasteiger charge is -2.26. The normalized spacial score (nSPS) is 16.1. The summed E-state index contributed by atoms with van der Waals surface area (Å²) in [6.45, 7) is 4.12. The van der Waals surface area contributed by atoms with Crippen LogP contribution in [0.1, 0.15) is 12.0 Å². The summed E-state index contributed by atoms with van der Waals surface area (Å²) < 4.78 is 19.4. The smallest absolute Gasteiger partial charge is 0.138 e. The van der Waals surface area contributed by atoms with Gasteiger partial charge in [-0.3, -0.25) is 4.90 Å². The monoisotopic (exact) mass is 343 g/mol. The van der Waals surface area contributed by atoms with Gasteiger partial charge >= 0.3 is 0 Å².